The number of nitrogens with zero attached hydrogens (tertiary/aromatic N) is 2. The number of aliphatic hydroxyl groups is 1. The van der Waals surface area contributed by atoms with Crippen LogP contribution in [0, 0.1) is 5.92 Å². The fourth-order valence-corrected chi connectivity index (χ4v) is 1.96. The molecule has 0 aromatic carbocycles. The molecule has 0 aliphatic heterocycles. The topological polar surface area (TPSA) is 50.1 Å². The van der Waals surface area contributed by atoms with Crippen LogP contribution in [0.1, 0.15) is 25.3 Å². The van der Waals surface area contributed by atoms with E-state index in [-0.39, 0.29) is 6.10 Å². The summed E-state index contributed by atoms with van der Waals surface area (Å²) in [7, 11) is 0. The Balaban J connectivity index is 1.65. The Labute approximate surface area is 90.3 Å². The lowest BCUT2D eigenvalue weighted by Gasteiger charge is -2.31. The van der Waals surface area contributed by atoms with Gasteiger partial charge < -0.3 is 10.4 Å². The van der Waals surface area contributed by atoms with Crippen molar-refractivity contribution in [2.24, 2.45) is 5.92 Å². The molecule has 1 aromatic heterocycles. The second kappa shape index (κ2) is 4.77. The standard InChI is InChI=1S/C11H19N3O/c1-2-14-8-10(7-13-14)6-12-5-9-3-11(15)4-9/h7-9,11-12,15H,2-6H2,1H3. The molecule has 0 radical (unpaired) electrons. The van der Waals surface area contributed by atoms with E-state index >= 15 is 0 Å². The number of hydrogen-bond acceptors (Lipinski definition) is 3. The molecule has 1 fully saturated rings. The van der Waals surface area contributed by atoms with E-state index in [9.17, 15) is 0 Å². The van der Waals surface area contributed by atoms with Crippen LogP contribution in [0.15, 0.2) is 12.4 Å². The number of aryl methyl sites for hydroxylation is 1. The van der Waals surface area contributed by atoms with Crippen molar-refractivity contribution in [1.82, 2.24) is 15.1 Å². The largest absolute Gasteiger partial charge is 0.393 e. The third-order valence-electron chi connectivity index (χ3n) is 2.98. The fraction of sp³-hybridized carbons (Fsp3) is 0.727. The van der Waals surface area contributed by atoms with E-state index in [0.717, 1.165) is 32.5 Å². The summed E-state index contributed by atoms with van der Waals surface area (Å²) in [4.78, 5) is 0. The second-order valence-corrected chi connectivity index (χ2v) is 4.33. The van der Waals surface area contributed by atoms with Crippen molar-refractivity contribution in [3.05, 3.63) is 18.0 Å². The van der Waals surface area contributed by atoms with Crippen molar-refractivity contribution in [3.63, 3.8) is 0 Å². The Morgan fingerprint density at radius 2 is 2.40 bits per heavy atom. The van der Waals surface area contributed by atoms with Gasteiger partial charge in [-0.25, -0.2) is 0 Å². The average molecular weight is 209 g/mol. The van der Waals surface area contributed by atoms with Crippen LogP contribution in [-0.4, -0.2) is 27.5 Å². The van der Waals surface area contributed by atoms with Gasteiger partial charge >= 0.3 is 0 Å². The molecule has 1 aliphatic carbocycles. The van der Waals surface area contributed by atoms with Gasteiger partial charge in [0, 0.05) is 24.8 Å². The van der Waals surface area contributed by atoms with E-state index in [0.29, 0.717) is 5.92 Å². The van der Waals surface area contributed by atoms with E-state index in [1.54, 1.807) is 0 Å². The molecule has 2 rings (SSSR count). The summed E-state index contributed by atoms with van der Waals surface area (Å²) in [6.07, 6.45) is 5.86. The van der Waals surface area contributed by atoms with Gasteiger partial charge in [0.05, 0.1) is 12.3 Å². The number of aliphatic hydroxyl groups excluding tert-OH is 1. The summed E-state index contributed by atoms with van der Waals surface area (Å²) in [6.45, 7) is 4.90. The van der Waals surface area contributed by atoms with Crippen molar-refractivity contribution in [2.75, 3.05) is 6.54 Å². The third kappa shape index (κ3) is 2.79. The molecule has 1 heterocycles. The van der Waals surface area contributed by atoms with Crippen LogP contribution in [0.3, 0.4) is 0 Å². The van der Waals surface area contributed by atoms with Gasteiger partial charge in [-0.2, -0.15) is 5.10 Å². The quantitative estimate of drug-likeness (QED) is 0.753. The van der Waals surface area contributed by atoms with Crippen LogP contribution in [0.4, 0.5) is 0 Å². The van der Waals surface area contributed by atoms with Crippen molar-refractivity contribution in [2.45, 2.75) is 39.0 Å². The molecular weight excluding hydrogens is 190 g/mol. The highest BCUT2D eigenvalue weighted by Crippen LogP contribution is 2.26. The SMILES string of the molecule is CCn1cc(CNCC2CC(O)C2)cn1. The molecule has 2 N–H and O–H groups in total. The first kappa shape index (κ1) is 10.6. The van der Waals surface area contributed by atoms with Crippen LogP contribution < -0.4 is 5.32 Å². The summed E-state index contributed by atoms with van der Waals surface area (Å²) < 4.78 is 1.93. The van der Waals surface area contributed by atoms with Crippen LogP contribution in [0.25, 0.3) is 0 Å². The molecule has 0 bridgehead atoms. The maximum Gasteiger partial charge on any atom is 0.0546 e. The molecule has 4 heteroatoms. The van der Waals surface area contributed by atoms with E-state index in [1.165, 1.54) is 5.56 Å². The lowest BCUT2D eigenvalue weighted by Crippen LogP contribution is -2.35. The van der Waals surface area contributed by atoms with Gasteiger partial charge in [0.15, 0.2) is 0 Å². The van der Waals surface area contributed by atoms with Gasteiger partial charge in [0.1, 0.15) is 0 Å². The Hall–Kier alpha value is -0.870. The maximum atomic E-state index is 9.13. The Morgan fingerprint density at radius 3 is 3.00 bits per heavy atom. The van der Waals surface area contributed by atoms with E-state index in [1.807, 2.05) is 10.9 Å². The van der Waals surface area contributed by atoms with Crippen LogP contribution in [0.5, 0.6) is 0 Å². The lowest BCUT2D eigenvalue weighted by atomic mass is 9.82. The first-order valence-corrected chi connectivity index (χ1v) is 5.68. The second-order valence-electron chi connectivity index (χ2n) is 4.33. The van der Waals surface area contributed by atoms with Gasteiger partial charge in [0.25, 0.3) is 0 Å². The van der Waals surface area contributed by atoms with Crippen molar-refractivity contribution in [3.8, 4) is 0 Å². The number of hydrogen-bond donors (Lipinski definition) is 2. The molecular formula is C11H19N3O. The van der Waals surface area contributed by atoms with Crippen molar-refractivity contribution < 1.29 is 5.11 Å². The predicted molar refractivity (Wildman–Crippen MR) is 58.3 cm³/mol. The number of aromatic nitrogens is 2. The van der Waals surface area contributed by atoms with Gasteiger partial charge in [-0.3, -0.25) is 4.68 Å². The predicted octanol–water partition coefficient (Wildman–Crippen LogP) is 0.763. The third-order valence-corrected chi connectivity index (χ3v) is 2.98. The van der Waals surface area contributed by atoms with E-state index in [2.05, 4.69) is 23.5 Å². The number of rotatable bonds is 5. The molecule has 0 atom stereocenters. The molecule has 1 saturated carbocycles. The minimum Gasteiger partial charge on any atom is -0.393 e. The van der Waals surface area contributed by atoms with Crippen LogP contribution >= 0.6 is 0 Å². The Kier molecular flexibility index (Phi) is 3.38. The fourth-order valence-electron chi connectivity index (χ4n) is 1.96. The molecule has 0 spiro atoms. The molecule has 84 valence electrons. The average Bonchev–Trinajstić information content (AvgIpc) is 2.63. The molecule has 15 heavy (non-hydrogen) atoms. The zero-order chi connectivity index (χ0) is 10.7. The van der Waals surface area contributed by atoms with Crippen molar-refractivity contribution >= 4 is 0 Å². The summed E-state index contributed by atoms with van der Waals surface area (Å²) >= 11 is 0. The van der Waals surface area contributed by atoms with Crippen LogP contribution in [-0.2, 0) is 13.1 Å². The summed E-state index contributed by atoms with van der Waals surface area (Å²) in [5.41, 5.74) is 1.23. The van der Waals surface area contributed by atoms with Gasteiger partial charge in [-0.15, -0.1) is 0 Å². The maximum absolute atomic E-state index is 9.13. The van der Waals surface area contributed by atoms with Gasteiger partial charge in [-0.1, -0.05) is 0 Å². The highest BCUT2D eigenvalue weighted by Gasteiger charge is 2.26. The van der Waals surface area contributed by atoms with Gasteiger partial charge in [0.2, 0.25) is 0 Å². The normalized spacial score (nSPS) is 25.2. The minimum absolute atomic E-state index is 0.0420. The van der Waals surface area contributed by atoms with Gasteiger partial charge in [-0.05, 0) is 32.2 Å². The first-order valence-electron chi connectivity index (χ1n) is 5.68. The van der Waals surface area contributed by atoms with E-state index in [4.69, 9.17) is 5.11 Å². The summed E-state index contributed by atoms with van der Waals surface area (Å²) in [5, 5.41) is 16.7. The zero-order valence-corrected chi connectivity index (χ0v) is 9.19. The highest BCUT2D eigenvalue weighted by molar-refractivity contribution is 5.03. The molecule has 4 nitrogen and oxygen atoms in total. The first-order chi connectivity index (χ1) is 7.28. The molecule has 0 amide bonds. The summed E-state index contributed by atoms with van der Waals surface area (Å²) in [6, 6.07) is 0. The Morgan fingerprint density at radius 1 is 1.60 bits per heavy atom. The van der Waals surface area contributed by atoms with Crippen LogP contribution in [0.2, 0.25) is 0 Å². The molecule has 0 unspecified atom stereocenters. The smallest absolute Gasteiger partial charge is 0.0546 e. The van der Waals surface area contributed by atoms with E-state index < -0.39 is 0 Å². The molecule has 1 aliphatic rings. The highest BCUT2D eigenvalue weighted by atomic mass is 16.3. The lowest BCUT2D eigenvalue weighted by molar-refractivity contribution is 0.0430. The zero-order valence-electron chi connectivity index (χ0n) is 9.19. The molecule has 1 aromatic rings. The summed E-state index contributed by atoms with van der Waals surface area (Å²) in [5.74, 6) is 0.668. The molecule has 0 saturated heterocycles. The van der Waals surface area contributed by atoms with Crippen molar-refractivity contribution in [1.29, 1.82) is 0 Å². The Bertz CT molecular complexity index is 305. The monoisotopic (exact) mass is 209 g/mol. The minimum atomic E-state index is -0.0420. The number of nitrogens with one attached hydrogen (secondary N) is 1.